The zero-order valence-corrected chi connectivity index (χ0v) is 11.8. The van der Waals surface area contributed by atoms with E-state index in [1.54, 1.807) is 0 Å². The van der Waals surface area contributed by atoms with Gasteiger partial charge in [0.25, 0.3) is 0 Å². The summed E-state index contributed by atoms with van der Waals surface area (Å²) in [6.07, 6.45) is 0.901. The molecule has 1 atom stereocenters. The number of ether oxygens (including phenoxy) is 1. The molecule has 2 aromatic carbocycles. The van der Waals surface area contributed by atoms with Crippen molar-refractivity contribution in [2.45, 2.75) is 19.4 Å². The Balaban J connectivity index is 2.32. The fraction of sp³-hybridized carbons (Fsp3) is 0.250. The van der Waals surface area contributed by atoms with Gasteiger partial charge in [-0.25, -0.2) is 14.2 Å². The maximum atomic E-state index is 13.4. The molecule has 5 heteroatoms. The van der Waals surface area contributed by atoms with Crippen LogP contribution in [0, 0.1) is 11.6 Å². The van der Waals surface area contributed by atoms with Crippen LogP contribution in [0.2, 0.25) is 0 Å². The molecule has 0 aliphatic carbocycles. The highest BCUT2D eigenvalue weighted by atomic mass is 19.1. The third-order valence-corrected chi connectivity index (χ3v) is 3.05. The first-order chi connectivity index (χ1) is 10.1. The van der Waals surface area contributed by atoms with E-state index in [9.17, 15) is 8.78 Å². The molecule has 0 saturated heterocycles. The van der Waals surface area contributed by atoms with Crippen LogP contribution in [-0.4, -0.2) is 6.61 Å². The predicted octanol–water partition coefficient (Wildman–Crippen LogP) is 3.31. The van der Waals surface area contributed by atoms with Gasteiger partial charge in [0.05, 0.1) is 12.6 Å². The molecule has 0 amide bonds. The van der Waals surface area contributed by atoms with Crippen LogP contribution in [0.25, 0.3) is 0 Å². The summed E-state index contributed by atoms with van der Waals surface area (Å²) in [5.41, 5.74) is 3.78. The molecule has 0 aliphatic heterocycles. The van der Waals surface area contributed by atoms with Gasteiger partial charge in [0.2, 0.25) is 0 Å². The highest BCUT2D eigenvalue weighted by Crippen LogP contribution is 2.26. The van der Waals surface area contributed by atoms with Crippen molar-refractivity contribution in [3.63, 3.8) is 0 Å². The lowest BCUT2D eigenvalue weighted by atomic mass is 9.99. The van der Waals surface area contributed by atoms with Gasteiger partial charge in [0.15, 0.2) is 0 Å². The Morgan fingerprint density at radius 3 is 2.43 bits per heavy atom. The van der Waals surface area contributed by atoms with E-state index in [0.29, 0.717) is 17.9 Å². The molecule has 3 nitrogen and oxygen atoms in total. The minimum Gasteiger partial charge on any atom is -0.494 e. The maximum absolute atomic E-state index is 13.4. The highest BCUT2D eigenvalue weighted by molar-refractivity contribution is 5.37. The van der Waals surface area contributed by atoms with Gasteiger partial charge < -0.3 is 4.74 Å². The standard InChI is InChI=1S/C16H18F2N2O/c1-2-6-21-15-5-3-4-11(9-15)16(20-19)12-7-13(17)10-14(18)8-12/h3-5,7-10,16,20H,2,6,19H2,1H3. The van der Waals surface area contributed by atoms with Gasteiger partial charge >= 0.3 is 0 Å². The molecule has 112 valence electrons. The van der Waals surface area contributed by atoms with Gasteiger partial charge in [-0.1, -0.05) is 19.1 Å². The molecule has 0 spiro atoms. The van der Waals surface area contributed by atoms with Gasteiger partial charge in [0.1, 0.15) is 17.4 Å². The summed E-state index contributed by atoms with van der Waals surface area (Å²) in [6.45, 7) is 2.63. The van der Waals surface area contributed by atoms with Crippen molar-refractivity contribution in [3.05, 3.63) is 65.2 Å². The van der Waals surface area contributed by atoms with Crippen LogP contribution in [0.3, 0.4) is 0 Å². The number of hydrogen-bond acceptors (Lipinski definition) is 3. The summed E-state index contributed by atoms with van der Waals surface area (Å²) in [5.74, 6) is 4.98. The first-order valence-electron chi connectivity index (χ1n) is 6.79. The smallest absolute Gasteiger partial charge is 0.126 e. The second-order valence-corrected chi connectivity index (χ2v) is 4.72. The van der Waals surface area contributed by atoms with Crippen LogP contribution in [0.4, 0.5) is 8.78 Å². The highest BCUT2D eigenvalue weighted by Gasteiger charge is 2.15. The Morgan fingerprint density at radius 2 is 1.81 bits per heavy atom. The lowest BCUT2D eigenvalue weighted by molar-refractivity contribution is 0.317. The molecule has 1 unspecified atom stereocenters. The molecule has 3 N–H and O–H groups in total. The van der Waals surface area contributed by atoms with Crippen molar-refractivity contribution in [1.29, 1.82) is 0 Å². The van der Waals surface area contributed by atoms with Gasteiger partial charge in [-0.3, -0.25) is 5.84 Å². The van der Waals surface area contributed by atoms with Crippen LogP contribution >= 0.6 is 0 Å². The van der Waals surface area contributed by atoms with E-state index in [0.717, 1.165) is 18.1 Å². The molecule has 2 rings (SSSR count). The minimum atomic E-state index is -0.636. The summed E-state index contributed by atoms with van der Waals surface area (Å²) in [7, 11) is 0. The summed E-state index contributed by atoms with van der Waals surface area (Å²) < 4.78 is 32.3. The van der Waals surface area contributed by atoms with Crippen LogP contribution in [0.15, 0.2) is 42.5 Å². The molecule has 0 bridgehead atoms. The first kappa shape index (κ1) is 15.4. The molecule has 2 aromatic rings. The van der Waals surface area contributed by atoms with E-state index < -0.39 is 17.7 Å². The Bertz CT molecular complexity index is 584. The topological polar surface area (TPSA) is 47.3 Å². The van der Waals surface area contributed by atoms with Crippen molar-refractivity contribution in [2.24, 2.45) is 5.84 Å². The van der Waals surface area contributed by atoms with Crippen LogP contribution in [0.5, 0.6) is 5.75 Å². The van der Waals surface area contributed by atoms with E-state index in [2.05, 4.69) is 5.43 Å². The Kier molecular flexibility index (Phi) is 5.25. The molecular weight excluding hydrogens is 274 g/mol. The summed E-state index contributed by atoms with van der Waals surface area (Å²) in [4.78, 5) is 0. The van der Waals surface area contributed by atoms with Crippen molar-refractivity contribution >= 4 is 0 Å². The molecule has 0 fully saturated rings. The lowest BCUT2D eigenvalue weighted by Crippen LogP contribution is -2.29. The molecule has 0 saturated carbocycles. The zero-order chi connectivity index (χ0) is 15.2. The SMILES string of the molecule is CCCOc1cccc(C(NN)c2cc(F)cc(F)c2)c1. The van der Waals surface area contributed by atoms with Gasteiger partial charge in [0, 0.05) is 6.07 Å². The van der Waals surface area contributed by atoms with E-state index in [4.69, 9.17) is 10.6 Å². The number of nitrogens with two attached hydrogens (primary N) is 1. The van der Waals surface area contributed by atoms with Crippen molar-refractivity contribution < 1.29 is 13.5 Å². The minimum absolute atomic E-state index is 0.419. The van der Waals surface area contributed by atoms with Crippen LogP contribution in [0.1, 0.15) is 30.5 Å². The van der Waals surface area contributed by atoms with E-state index in [1.807, 2.05) is 31.2 Å². The molecule has 0 heterocycles. The van der Waals surface area contributed by atoms with Crippen LogP contribution in [-0.2, 0) is 0 Å². The zero-order valence-electron chi connectivity index (χ0n) is 11.8. The fourth-order valence-electron chi connectivity index (χ4n) is 2.13. The van der Waals surface area contributed by atoms with E-state index >= 15 is 0 Å². The molecular formula is C16H18F2N2O. The molecule has 0 radical (unpaired) electrons. The summed E-state index contributed by atoms with van der Waals surface area (Å²) in [6, 6.07) is 10.1. The lowest BCUT2D eigenvalue weighted by Gasteiger charge is -2.18. The fourth-order valence-corrected chi connectivity index (χ4v) is 2.13. The first-order valence-corrected chi connectivity index (χ1v) is 6.79. The number of hydrogen-bond donors (Lipinski definition) is 2. The predicted molar refractivity (Wildman–Crippen MR) is 77.8 cm³/mol. The quantitative estimate of drug-likeness (QED) is 0.634. The number of rotatable bonds is 6. The second kappa shape index (κ2) is 7.15. The monoisotopic (exact) mass is 292 g/mol. The van der Waals surface area contributed by atoms with Gasteiger partial charge in [-0.05, 0) is 41.8 Å². The number of benzene rings is 2. The Labute approximate surface area is 122 Å². The number of hydrazine groups is 1. The summed E-state index contributed by atoms with van der Waals surface area (Å²) in [5, 5.41) is 0. The second-order valence-electron chi connectivity index (χ2n) is 4.72. The third kappa shape index (κ3) is 4.00. The summed E-state index contributed by atoms with van der Waals surface area (Å²) >= 11 is 0. The van der Waals surface area contributed by atoms with Crippen LogP contribution < -0.4 is 16.0 Å². The number of nitrogens with one attached hydrogen (secondary N) is 1. The maximum Gasteiger partial charge on any atom is 0.126 e. The van der Waals surface area contributed by atoms with Crippen molar-refractivity contribution in [3.8, 4) is 5.75 Å². The van der Waals surface area contributed by atoms with Crippen molar-refractivity contribution in [2.75, 3.05) is 6.61 Å². The molecule has 21 heavy (non-hydrogen) atoms. The average Bonchev–Trinajstić information content (AvgIpc) is 2.45. The third-order valence-electron chi connectivity index (χ3n) is 3.05. The van der Waals surface area contributed by atoms with Crippen molar-refractivity contribution in [1.82, 2.24) is 5.43 Å². The normalized spacial score (nSPS) is 12.2. The van der Waals surface area contributed by atoms with Gasteiger partial charge in [-0.2, -0.15) is 0 Å². The van der Waals surface area contributed by atoms with E-state index in [1.165, 1.54) is 12.1 Å². The molecule has 0 aliphatic rings. The largest absolute Gasteiger partial charge is 0.494 e. The Hall–Kier alpha value is -1.98. The number of halogens is 2. The van der Waals surface area contributed by atoms with Gasteiger partial charge in [-0.15, -0.1) is 0 Å². The molecule has 0 aromatic heterocycles. The Morgan fingerprint density at radius 1 is 1.10 bits per heavy atom. The average molecular weight is 292 g/mol. The van der Waals surface area contributed by atoms with E-state index in [-0.39, 0.29) is 0 Å².